The third-order valence-electron chi connectivity index (χ3n) is 4.81. The van der Waals surface area contributed by atoms with E-state index in [4.69, 9.17) is 4.74 Å². The summed E-state index contributed by atoms with van der Waals surface area (Å²) in [7, 11) is 3.43. The van der Waals surface area contributed by atoms with Gasteiger partial charge in [-0.1, -0.05) is 6.92 Å². The topological polar surface area (TPSA) is 88.5 Å². The average molecular weight is 387 g/mol. The van der Waals surface area contributed by atoms with Gasteiger partial charge in [0.1, 0.15) is 5.75 Å². The molecule has 0 radical (unpaired) electrons. The molecule has 0 bridgehead atoms. The van der Waals surface area contributed by atoms with Crippen molar-refractivity contribution in [2.24, 2.45) is 7.05 Å². The van der Waals surface area contributed by atoms with Gasteiger partial charge in [-0.25, -0.2) is 0 Å². The van der Waals surface area contributed by atoms with Crippen molar-refractivity contribution in [3.8, 4) is 5.75 Å². The summed E-state index contributed by atoms with van der Waals surface area (Å²) in [6.07, 6.45) is 0. The summed E-state index contributed by atoms with van der Waals surface area (Å²) in [5.41, 5.74) is 3.05. The van der Waals surface area contributed by atoms with Crippen molar-refractivity contribution in [3.63, 3.8) is 0 Å². The molecule has 28 heavy (non-hydrogen) atoms. The van der Waals surface area contributed by atoms with Gasteiger partial charge in [0.05, 0.1) is 36.8 Å². The molecule has 0 aliphatic carbocycles. The zero-order valence-corrected chi connectivity index (χ0v) is 17.4. The van der Waals surface area contributed by atoms with Crippen LogP contribution in [0, 0.1) is 13.8 Å². The van der Waals surface area contributed by atoms with Crippen LogP contribution in [0.1, 0.15) is 25.2 Å². The van der Waals surface area contributed by atoms with E-state index in [0.29, 0.717) is 12.2 Å². The van der Waals surface area contributed by atoms with E-state index >= 15 is 0 Å². The number of aryl methyl sites for hydroxylation is 2. The molecule has 0 aliphatic rings. The lowest BCUT2D eigenvalue weighted by Gasteiger charge is -2.26. The van der Waals surface area contributed by atoms with Crippen LogP contribution in [0.25, 0.3) is 0 Å². The Hall–Kier alpha value is -2.87. The second kappa shape index (κ2) is 9.36. The number of likely N-dealkylation sites (N-methyl/N-ethyl adjacent to an activating group) is 1. The van der Waals surface area contributed by atoms with Gasteiger partial charge < -0.3 is 15.4 Å². The number of rotatable bonds is 8. The number of hydrogen-bond acceptors (Lipinski definition) is 5. The normalized spacial score (nSPS) is 12.0. The Morgan fingerprint density at radius 1 is 1.21 bits per heavy atom. The van der Waals surface area contributed by atoms with Crippen LogP contribution in [0.4, 0.5) is 11.4 Å². The zero-order chi connectivity index (χ0) is 20.8. The van der Waals surface area contributed by atoms with E-state index in [0.717, 1.165) is 22.8 Å². The SMILES string of the molecule is CCN(CC(=O)Nc1ccc(OC)cc1)[C@H](C)C(=O)Nc1c(C)nn(C)c1C. The molecular weight excluding hydrogens is 358 g/mol. The zero-order valence-electron chi connectivity index (χ0n) is 17.4. The highest BCUT2D eigenvalue weighted by molar-refractivity contribution is 5.97. The number of methoxy groups -OCH3 is 1. The van der Waals surface area contributed by atoms with Crippen molar-refractivity contribution >= 4 is 23.2 Å². The van der Waals surface area contributed by atoms with Crippen molar-refractivity contribution in [2.45, 2.75) is 33.7 Å². The number of aromatic nitrogens is 2. The van der Waals surface area contributed by atoms with E-state index in [1.54, 1.807) is 43.0 Å². The van der Waals surface area contributed by atoms with Crippen LogP contribution in [-0.4, -0.2) is 52.7 Å². The molecular formula is C20H29N5O3. The van der Waals surface area contributed by atoms with Crippen LogP contribution in [-0.2, 0) is 16.6 Å². The minimum absolute atomic E-state index is 0.113. The molecule has 2 N–H and O–H groups in total. The van der Waals surface area contributed by atoms with E-state index in [-0.39, 0.29) is 18.4 Å². The standard InChI is InChI=1S/C20H29N5O3/c1-7-25(12-18(26)21-16-8-10-17(28-6)11-9-16)15(4)20(27)22-19-13(2)23-24(5)14(19)3/h8-11,15H,7,12H2,1-6H3,(H,21,26)(H,22,27)/t15-/m1/s1. The van der Waals surface area contributed by atoms with Gasteiger partial charge in [0.25, 0.3) is 0 Å². The van der Waals surface area contributed by atoms with E-state index in [1.807, 2.05) is 32.7 Å². The summed E-state index contributed by atoms with van der Waals surface area (Å²) >= 11 is 0. The Labute approximate surface area is 165 Å². The number of anilines is 2. The first-order valence-corrected chi connectivity index (χ1v) is 9.25. The molecule has 0 saturated heterocycles. The molecule has 8 heteroatoms. The molecule has 1 atom stereocenters. The second-order valence-electron chi connectivity index (χ2n) is 6.67. The van der Waals surface area contributed by atoms with E-state index in [1.165, 1.54) is 0 Å². The second-order valence-corrected chi connectivity index (χ2v) is 6.67. The van der Waals surface area contributed by atoms with Gasteiger partial charge in [-0.15, -0.1) is 0 Å². The van der Waals surface area contributed by atoms with E-state index in [2.05, 4.69) is 15.7 Å². The summed E-state index contributed by atoms with van der Waals surface area (Å²) in [5, 5.41) is 10.1. The Bertz CT molecular complexity index is 829. The van der Waals surface area contributed by atoms with Crippen LogP contribution in [0.3, 0.4) is 0 Å². The van der Waals surface area contributed by atoms with Crippen LogP contribution in [0.15, 0.2) is 24.3 Å². The fourth-order valence-corrected chi connectivity index (χ4v) is 2.93. The maximum atomic E-state index is 12.7. The lowest BCUT2D eigenvalue weighted by Crippen LogP contribution is -2.45. The van der Waals surface area contributed by atoms with Crippen molar-refractivity contribution in [1.29, 1.82) is 0 Å². The Kier molecular flexibility index (Phi) is 7.17. The highest BCUT2D eigenvalue weighted by atomic mass is 16.5. The highest BCUT2D eigenvalue weighted by Gasteiger charge is 2.24. The Morgan fingerprint density at radius 2 is 1.86 bits per heavy atom. The molecule has 0 unspecified atom stereocenters. The molecule has 152 valence electrons. The predicted octanol–water partition coefficient (Wildman–Crippen LogP) is 2.33. The lowest BCUT2D eigenvalue weighted by atomic mass is 10.2. The molecule has 0 spiro atoms. The molecule has 1 heterocycles. The largest absolute Gasteiger partial charge is 0.497 e. The molecule has 2 aromatic rings. The van der Waals surface area contributed by atoms with Crippen LogP contribution in [0.5, 0.6) is 5.75 Å². The minimum atomic E-state index is -0.467. The molecule has 1 aromatic heterocycles. The first-order valence-electron chi connectivity index (χ1n) is 9.25. The van der Waals surface area contributed by atoms with Gasteiger partial charge in [0, 0.05) is 12.7 Å². The third-order valence-corrected chi connectivity index (χ3v) is 4.81. The molecule has 0 saturated carbocycles. The summed E-state index contributed by atoms with van der Waals surface area (Å²) in [6.45, 7) is 8.15. The number of carbonyl (C=O) groups is 2. The highest BCUT2D eigenvalue weighted by Crippen LogP contribution is 2.19. The minimum Gasteiger partial charge on any atom is -0.497 e. The fraction of sp³-hybridized carbons (Fsp3) is 0.450. The van der Waals surface area contributed by atoms with E-state index < -0.39 is 6.04 Å². The van der Waals surface area contributed by atoms with Crippen LogP contribution >= 0.6 is 0 Å². The molecule has 2 amide bonds. The number of hydrogen-bond donors (Lipinski definition) is 2. The maximum absolute atomic E-state index is 12.7. The summed E-state index contributed by atoms with van der Waals surface area (Å²) < 4.78 is 6.84. The lowest BCUT2D eigenvalue weighted by molar-refractivity contribution is -0.123. The summed E-state index contributed by atoms with van der Waals surface area (Å²) in [5.74, 6) is 0.373. The van der Waals surface area contributed by atoms with Gasteiger partial charge in [-0.05, 0) is 51.6 Å². The molecule has 0 fully saturated rings. The van der Waals surface area contributed by atoms with Crippen LogP contribution < -0.4 is 15.4 Å². The molecule has 0 aliphatic heterocycles. The van der Waals surface area contributed by atoms with Gasteiger partial charge in [0.15, 0.2) is 0 Å². The number of nitrogens with one attached hydrogen (secondary N) is 2. The number of nitrogens with zero attached hydrogens (tertiary/aromatic N) is 3. The van der Waals surface area contributed by atoms with Gasteiger partial charge in [-0.3, -0.25) is 19.2 Å². The van der Waals surface area contributed by atoms with E-state index in [9.17, 15) is 9.59 Å². The molecule has 8 nitrogen and oxygen atoms in total. The number of carbonyl (C=O) groups excluding carboxylic acids is 2. The first kappa shape index (κ1) is 21.4. The first-order chi connectivity index (χ1) is 13.3. The summed E-state index contributed by atoms with van der Waals surface area (Å²) in [4.78, 5) is 26.9. The van der Waals surface area contributed by atoms with Crippen molar-refractivity contribution in [3.05, 3.63) is 35.7 Å². The average Bonchev–Trinajstić information content (AvgIpc) is 2.92. The Balaban J connectivity index is 1.98. The van der Waals surface area contributed by atoms with Crippen molar-refractivity contribution in [2.75, 3.05) is 30.8 Å². The number of ether oxygens (including phenoxy) is 1. The maximum Gasteiger partial charge on any atom is 0.241 e. The van der Waals surface area contributed by atoms with Crippen LogP contribution in [0.2, 0.25) is 0 Å². The smallest absolute Gasteiger partial charge is 0.241 e. The predicted molar refractivity (Wildman–Crippen MR) is 110 cm³/mol. The number of amides is 2. The van der Waals surface area contributed by atoms with Gasteiger partial charge in [-0.2, -0.15) is 5.10 Å². The molecule has 1 aromatic carbocycles. The quantitative estimate of drug-likeness (QED) is 0.726. The molecule has 2 rings (SSSR count). The fourth-order valence-electron chi connectivity index (χ4n) is 2.93. The van der Waals surface area contributed by atoms with Gasteiger partial charge in [0.2, 0.25) is 11.8 Å². The Morgan fingerprint density at radius 3 is 2.36 bits per heavy atom. The summed E-state index contributed by atoms with van der Waals surface area (Å²) in [6, 6.07) is 6.64. The van der Waals surface area contributed by atoms with Crippen molar-refractivity contribution < 1.29 is 14.3 Å². The number of benzene rings is 1. The monoisotopic (exact) mass is 387 g/mol. The van der Waals surface area contributed by atoms with Gasteiger partial charge >= 0.3 is 0 Å². The third kappa shape index (κ3) is 5.10. The van der Waals surface area contributed by atoms with Crippen molar-refractivity contribution in [1.82, 2.24) is 14.7 Å².